The van der Waals surface area contributed by atoms with Crippen LogP contribution >= 0.6 is 11.8 Å². The van der Waals surface area contributed by atoms with Crippen molar-refractivity contribution in [1.29, 1.82) is 0 Å². The lowest BCUT2D eigenvalue weighted by molar-refractivity contribution is 0.0769. The predicted octanol–water partition coefficient (Wildman–Crippen LogP) is 2.61. The SMILES string of the molecule is COc1ccc(CCn2ccc(C)c(C(=O)N3CCSCC3)c2=O)cc1OC. The maximum Gasteiger partial charge on any atom is 0.263 e. The fraction of sp³-hybridized carbons (Fsp3) is 0.429. The normalized spacial score (nSPS) is 14.0. The van der Waals surface area contributed by atoms with E-state index in [9.17, 15) is 9.59 Å². The van der Waals surface area contributed by atoms with Crippen LogP contribution in [0.4, 0.5) is 0 Å². The van der Waals surface area contributed by atoms with Gasteiger partial charge in [-0.3, -0.25) is 9.59 Å². The lowest BCUT2D eigenvalue weighted by atomic mass is 10.1. The third-order valence-electron chi connectivity index (χ3n) is 4.98. The van der Waals surface area contributed by atoms with Crippen molar-refractivity contribution in [3.05, 3.63) is 57.5 Å². The molecule has 0 bridgehead atoms. The molecular weight excluding hydrogens is 376 g/mol. The Balaban J connectivity index is 1.80. The minimum atomic E-state index is -0.219. The van der Waals surface area contributed by atoms with Crippen molar-refractivity contribution in [1.82, 2.24) is 9.47 Å². The molecule has 1 aliphatic heterocycles. The first-order chi connectivity index (χ1) is 13.5. The fourth-order valence-corrected chi connectivity index (χ4v) is 4.21. The summed E-state index contributed by atoms with van der Waals surface area (Å²) in [5, 5.41) is 0. The zero-order valence-electron chi connectivity index (χ0n) is 16.6. The zero-order valence-corrected chi connectivity index (χ0v) is 17.4. The van der Waals surface area contributed by atoms with Crippen LogP contribution in [0.5, 0.6) is 11.5 Å². The molecule has 2 heterocycles. The van der Waals surface area contributed by atoms with Gasteiger partial charge in [-0.15, -0.1) is 0 Å². The number of nitrogens with zero attached hydrogens (tertiary/aromatic N) is 2. The van der Waals surface area contributed by atoms with Gasteiger partial charge in [-0.2, -0.15) is 11.8 Å². The summed E-state index contributed by atoms with van der Waals surface area (Å²) in [7, 11) is 3.20. The van der Waals surface area contributed by atoms with E-state index in [0.29, 0.717) is 43.1 Å². The molecule has 0 N–H and O–H groups in total. The number of rotatable bonds is 6. The van der Waals surface area contributed by atoms with Crippen molar-refractivity contribution < 1.29 is 14.3 Å². The van der Waals surface area contributed by atoms with Crippen LogP contribution in [-0.2, 0) is 13.0 Å². The molecule has 3 rings (SSSR count). The maximum absolute atomic E-state index is 13.0. The Kier molecular flexibility index (Phi) is 6.67. The molecule has 0 spiro atoms. The number of aryl methyl sites for hydroxylation is 3. The van der Waals surface area contributed by atoms with Gasteiger partial charge in [0, 0.05) is 37.3 Å². The smallest absolute Gasteiger partial charge is 0.263 e. The molecule has 28 heavy (non-hydrogen) atoms. The van der Waals surface area contributed by atoms with E-state index >= 15 is 0 Å². The van der Waals surface area contributed by atoms with Gasteiger partial charge in [0.15, 0.2) is 11.5 Å². The van der Waals surface area contributed by atoms with Crippen LogP contribution in [0.1, 0.15) is 21.5 Å². The summed E-state index contributed by atoms with van der Waals surface area (Å²) in [6.45, 7) is 3.71. The lowest BCUT2D eigenvalue weighted by Gasteiger charge is -2.27. The molecule has 1 aliphatic rings. The highest BCUT2D eigenvalue weighted by atomic mass is 32.2. The second-order valence-electron chi connectivity index (χ2n) is 6.72. The number of ether oxygens (including phenoxy) is 2. The molecule has 0 unspecified atom stereocenters. The molecule has 1 amide bonds. The Bertz CT molecular complexity index is 904. The van der Waals surface area contributed by atoms with E-state index in [-0.39, 0.29) is 11.5 Å². The molecular formula is C21H26N2O4S. The fourth-order valence-electron chi connectivity index (χ4n) is 3.31. The number of methoxy groups -OCH3 is 2. The molecule has 0 radical (unpaired) electrons. The van der Waals surface area contributed by atoms with Gasteiger partial charge in [0.05, 0.1) is 14.2 Å². The minimum absolute atomic E-state index is 0.150. The summed E-state index contributed by atoms with van der Waals surface area (Å²) in [6, 6.07) is 7.57. The van der Waals surface area contributed by atoms with Crippen molar-refractivity contribution in [2.75, 3.05) is 38.8 Å². The minimum Gasteiger partial charge on any atom is -0.493 e. The summed E-state index contributed by atoms with van der Waals surface area (Å²) in [5.74, 6) is 3.03. The third kappa shape index (κ3) is 4.35. The molecule has 0 saturated carbocycles. The number of pyridine rings is 1. The summed E-state index contributed by atoms with van der Waals surface area (Å²) >= 11 is 1.84. The number of benzene rings is 1. The van der Waals surface area contributed by atoms with Crippen LogP contribution in [0.3, 0.4) is 0 Å². The first kappa shape index (κ1) is 20.3. The molecule has 1 aromatic heterocycles. The van der Waals surface area contributed by atoms with E-state index in [2.05, 4.69) is 0 Å². The van der Waals surface area contributed by atoms with E-state index in [0.717, 1.165) is 22.6 Å². The van der Waals surface area contributed by atoms with Crippen LogP contribution in [0.25, 0.3) is 0 Å². The lowest BCUT2D eigenvalue weighted by Crippen LogP contribution is -2.41. The van der Waals surface area contributed by atoms with Crippen LogP contribution < -0.4 is 15.0 Å². The molecule has 0 aliphatic carbocycles. The topological polar surface area (TPSA) is 60.8 Å². The van der Waals surface area contributed by atoms with Gasteiger partial charge in [-0.05, 0) is 42.7 Å². The van der Waals surface area contributed by atoms with Gasteiger partial charge in [0.1, 0.15) is 5.56 Å². The van der Waals surface area contributed by atoms with Crippen molar-refractivity contribution in [3.8, 4) is 11.5 Å². The highest BCUT2D eigenvalue weighted by Crippen LogP contribution is 2.27. The molecule has 150 valence electrons. The largest absolute Gasteiger partial charge is 0.493 e. The third-order valence-corrected chi connectivity index (χ3v) is 5.92. The van der Waals surface area contributed by atoms with E-state index < -0.39 is 0 Å². The quantitative estimate of drug-likeness (QED) is 0.743. The number of hydrogen-bond donors (Lipinski definition) is 0. The van der Waals surface area contributed by atoms with E-state index in [1.165, 1.54) is 0 Å². The van der Waals surface area contributed by atoms with Crippen molar-refractivity contribution >= 4 is 17.7 Å². The first-order valence-electron chi connectivity index (χ1n) is 9.33. The zero-order chi connectivity index (χ0) is 20.1. The average Bonchev–Trinajstić information content (AvgIpc) is 2.73. The predicted molar refractivity (Wildman–Crippen MR) is 112 cm³/mol. The maximum atomic E-state index is 13.0. The van der Waals surface area contributed by atoms with E-state index in [1.54, 1.807) is 29.9 Å². The molecule has 2 aromatic rings. The summed E-state index contributed by atoms with van der Waals surface area (Å²) in [4.78, 5) is 27.7. The van der Waals surface area contributed by atoms with E-state index in [1.807, 2.05) is 43.0 Å². The summed E-state index contributed by atoms with van der Waals surface area (Å²) in [6.07, 6.45) is 2.42. The van der Waals surface area contributed by atoms with Crippen molar-refractivity contribution in [2.45, 2.75) is 19.9 Å². The monoisotopic (exact) mass is 402 g/mol. The van der Waals surface area contributed by atoms with E-state index in [4.69, 9.17) is 9.47 Å². The average molecular weight is 403 g/mol. The molecule has 1 aromatic carbocycles. The number of amides is 1. The number of aromatic nitrogens is 1. The number of hydrogen-bond acceptors (Lipinski definition) is 5. The van der Waals surface area contributed by atoms with Crippen LogP contribution in [-0.4, -0.2) is 54.2 Å². The highest BCUT2D eigenvalue weighted by molar-refractivity contribution is 7.99. The van der Waals surface area contributed by atoms with Gasteiger partial charge in [-0.25, -0.2) is 0 Å². The highest BCUT2D eigenvalue weighted by Gasteiger charge is 2.23. The number of thioether (sulfide) groups is 1. The molecule has 1 fully saturated rings. The standard InChI is InChI=1S/C21H26N2O4S/c1-15-6-8-22(9-7-16-4-5-17(26-2)18(14-16)27-3)20(24)19(15)21(25)23-10-12-28-13-11-23/h4-6,8,14H,7,9-13H2,1-3H3. The van der Waals surface area contributed by atoms with Gasteiger partial charge < -0.3 is 18.9 Å². The Morgan fingerprint density at radius 1 is 1.11 bits per heavy atom. The molecule has 0 atom stereocenters. The Morgan fingerprint density at radius 2 is 1.82 bits per heavy atom. The van der Waals surface area contributed by atoms with Crippen LogP contribution in [0.2, 0.25) is 0 Å². The second-order valence-corrected chi connectivity index (χ2v) is 7.94. The summed E-state index contributed by atoms with van der Waals surface area (Å²) < 4.78 is 12.2. The van der Waals surface area contributed by atoms with Gasteiger partial charge in [0.2, 0.25) is 0 Å². The second kappa shape index (κ2) is 9.19. The summed E-state index contributed by atoms with van der Waals surface area (Å²) in [5.41, 5.74) is 1.84. The molecule has 6 nitrogen and oxygen atoms in total. The Hall–Kier alpha value is -2.41. The Labute approximate surface area is 169 Å². The molecule has 7 heteroatoms. The van der Waals surface area contributed by atoms with Gasteiger partial charge in [-0.1, -0.05) is 6.07 Å². The molecule has 1 saturated heterocycles. The van der Waals surface area contributed by atoms with Gasteiger partial charge in [0.25, 0.3) is 11.5 Å². The Morgan fingerprint density at radius 3 is 2.50 bits per heavy atom. The first-order valence-corrected chi connectivity index (χ1v) is 10.5. The van der Waals surface area contributed by atoms with Crippen LogP contribution in [0.15, 0.2) is 35.3 Å². The van der Waals surface area contributed by atoms with Crippen LogP contribution in [0, 0.1) is 6.92 Å². The van der Waals surface area contributed by atoms with Crippen molar-refractivity contribution in [3.63, 3.8) is 0 Å². The van der Waals surface area contributed by atoms with Crippen molar-refractivity contribution in [2.24, 2.45) is 0 Å². The number of carbonyl (C=O) groups is 1. The number of carbonyl (C=O) groups excluding carboxylic acids is 1. The van der Waals surface area contributed by atoms with Gasteiger partial charge >= 0.3 is 0 Å².